The molecule has 0 atom stereocenters. The maximum absolute atomic E-state index is 12.2. The zero-order valence-electron chi connectivity index (χ0n) is 29.2. The van der Waals surface area contributed by atoms with E-state index in [9.17, 15) is 4.79 Å². The van der Waals surface area contributed by atoms with Crippen LogP contribution in [0.3, 0.4) is 0 Å². The summed E-state index contributed by atoms with van der Waals surface area (Å²) in [6, 6.07) is 57.9. The Balaban J connectivity index is 1.15. The van der Waals surface area contributed by atoms with E-state index in [0.717, 1.165) is 49.7 Å². The number of hydrogen-bond donors (Lipinski definition) is 0. The molecule has 256 valence electrons. The molecule has 0 N–H and O–H groups in total. The molecule has 3 aromatic heterocycles. The molecule has 0 aliphatic heterocycles. The normalized spacial score (nSPS) is 11.5. The van der Waals surface area contributed by atoms with Gasteiger partial charge in [-0.05, 0) is 71.8 Å². The van der Waals surface area contributed by atoms with Crippen LogP contribution in [0.15, 0.2) is 170 Å². The highest BCUT2D eigenvalue weighted by Crippen LogP contribution is 2.38. The summed E-state index contributed by atoms with van der Waals surface area (Å²) in [4.78, 5) is 27.2. The Labute approximate surface area is 310 Å². The van der Waals surface area contributed by atoms with Crippen LogP contribution < -0.4 is 0 Å². The lowest BCUT2D eigenvalue weighted by atomic mass is 10.0. The summed E-state index contributed by atoms with van der Waals surface area (Å²) in [6.07, 6.45) is 0. The van der Waals surface area contributed by atoms with Crippen molar-refractivity contribution in [2.24, 2.45) is 0 Å². The van der Waals surface area contributed by atoms with Crippen molar-refractivity contribution in [1.82, 2.24) is 24.1 Å². The maximum atomic E-state index is 12.2. The highest BCUT2D eigenvalue weighted by molar-refractivity contribution is 6.12. The van der Waals surface area contributed by atoms with Crippen LogP contribution in [0.1, 0.15) is 10.4 Å². The first-order valence-corrected chi connectivity index (χ1v) is 17.8. The Hall–Kier alpha value is -7.38. The van der Waals surface area contributed by atoms with E-state index in [2.05, 4.69) is 118 Å². The van der Waals surface area contributed by atoms with Crippen molar-refractivity contribution in [3.05, 3.63) is 175 Å². The summed E-state index contributed by atoms with van der Waals surface area (Å²) in [6.45, 7) is 0. The fourth-order valence-corrected chi connectivity index (χ4v) is 7.56. The largest absolute Gasteiger partial charge is 0.465 e. The van der Waals surface area contributed by atoms with Gasteiger partial charge in [0, 0.05) is 38.4 Å². The number of aromatic nitrogens is 5. The molecule has 54 heavy (non-hydrogen) atoms. The second-order valence-corrected chi connectivity index (χ2v) is 13.2. The monoisotopic (exact) mass is 697 g/mol. The minimum Gasteiger partial charge on any atom is -0.465 e. The first-order chi connectivity index (χ1) is 26.6. The number of carbonyl (C=O) groups excluding carboxylic acids is 1. The van der Waals surface area contributed by atoms with Gasteiger partial charge in [-0.2, -0.15) is 9.97 Å². The van der Waals surface area contributed by atoms with E-state index in [1.807, 2.05) is 48.5 Å². The van der Waals surface area contributed by atoms with E-state index in [1.54, 1.807) is 12.1 Å². The molecule has 3 heterocycles. The van der Waals surface area contributed by atoms with Crippen molar-refractivity contribution in [3.63, 3.8) is 0 Å². The van der Waals surface area contributed by atoms with E-state index >= 15 is 0 Å². The molecule has 0 aliphatic rings. The number of carbonyl (C=O) groups is 1. The van der Waals surface area contributed by atoms with Crippen LogP contribution in [0.4, 0.5) is 0 Å². The van der Waals surface area contributed by atoms with Crippen molar-refractivity contribution in [3.8, 4) is 45.5 Å². The van der Waals surface area contributed by atoms with Crippen LogP contribution in [-0.2, 0) is 4.74 Å². The second-order valence-electron chi connectivity index (χ2n) is 13.2. The lowest BCUT2D eigenvalue weighted by molar-refractivity contribution is 0.0600. The van der Waals surface area contributed by atoms with Gasteiger partial charge in [-0.15, -0.1) is 0 Å². The van der Waals surface area contributed by atoms with Crippen molar-refractivity contribution in [2.45, 2.75) is 0 Å². The van der Waals surface area contributed by atoms with Crippen LogP contribution >= 0.6 is 0 Å². The third-order valence-corrected chi connectivity index (χ3v) is 10.1. The van der Waals surface area contributed by atoms with Gasteiger partial charge >= 0.3 is 5.97 Å². The fraction of sp³-hybridized carbons (Fsp3) is 0.0213. The summed E-state index contributed by atoms with van der Waals surface area (Å²) in [5.41, 5.74) is 9.82. The van der Waals surface area contributed by atoms with Gasteiger partial charge in [-0.3, -0.25) is 4.57 Å². The van der Waals surface area contributed by atoms with Gasteiger partial charge in [-0.25, -0.2) is 9.78 Å². The smallest absolute Gasteiger partial charge is 0.337 e. The second kappa shape index (κ2) is 12.7. The molecule has 0 spiro atoms. The quantitative estimate of drug-likeness (QED) is 0.162. The van der Waals surface area contributed by atoms with Crippen molar-refractivity contribution in [2.75, 3.05) is 7.11 Å². The van der Waals surface area contributed by atoms with Crippen LogP contribution in [0.5, 0.6) is 0 Å². The van der Waals surface area contributed by atoms with Crippen molar-refractivity contribution in [1.29, 1.82) is 0 Å². The van der Waals surface area contributed by atoms with Gasteiger partial charge in [-0.1, -0.05) is 109 Å². The molecule has 0 bridgehead atoms. The molecule has 0 radical (unpaired) electrons. The Morgan fingerprint density at radius 3 is 1.50 bits per heavy atom. The van der Waals surface area contributed by atoms with Crippen molar-refractivity contribution < 1.29 is 9.53 Å². The molecule has 0 saturated heterocycles. The molecular formula is C47H31N5O2. The number of benzene rings is 7. The SMILES string of the molecule is COC(=O)c1ccc(-c2nc(-c3ccccc3)nc(-n3c4ccccc4c4cc(-c5ccc6c(c5)c5ccccc5n6-c5ccccc5)ccc43)n2)cc1. The predicted molar refractivity (Wildman–Crippen MR) is 216 cm³/mol. The lowest BCUT2D eigenvalue weighted by Gasteiger charge is -2.11. The van der Waals surface area contributed by atoms with Crippen LogP contribution in [-0.4, -0.2) is 37.2 Å². The Morgan fingerprint density at radius 1 is 0.444 bits per heavy atom. The van der Waals surface area contributed by atoms with Gasteiger partial charge in [0.2, 0.25) is 5.95 Å². The number of hydrogen-bond acceptors (Lipinski definition) is 5. The van der Waals surface area contributed by atoms with E-state index in [4.69, 9.17) is 19.7 Å². The molecule has 0 aliphatic carbocycles. The zero-order valence-corrected chi connectivity index (χ0v) is 29.2. The van der Waals surface area contributed by atoms with E-state index in [-0.39, 0.29) is 0 Å². The number of methoxy groups -OCH3 is 1. The Kier molecular flexibility index (Phi) is 7.37. The van der Waals surface area contributed by atoms with Gasteiger partial charge in [0.1, 0.15) is 0 Å². The lowest BCUT2D eigenvalue weighted by Crippen LogP contribution is -2.06. The third kappa shape index (κ3) is 5.13. The topological polar surface area (TPSA) is 74.8 Å². The number of ether oxygens (including phenoxy) is 1. The minimum atomic E-state index is -0.397. The molecule has 0 unspecified atom stereocenters. The van der Waals surface area contributed by atoms with Gasteiger partial charge in [0.05, 0.1) is 34.7 Å². The van der Waals surface area contributed by atoms with E-state index < -0.39 is 5.97 Å². The summed E-state index contributed by atoms with van der Waals surface area (Å²) in [5.74, 6) is 1.16. The number of nitrogens with zero attached hydrogens (tertiary/aromatic N) is 5. The van der Waals surface area contributed by atoms with E-state index in [1.165, 1.54) is 28.9 Å². The Bertz CT molecular complexity index is 3040. The molecule has 10 aromatic rings. The average molecular weight is 698 g/mol. The molecular weight excluding hydrogens is 667 g/mol. The fourth-order valence-electron chi connectivity index (χ4n) is 7.56. The molecule has 0 amide bonds. The number of esters is 1. The summed E-state index contributed by atoms with van der Waals surface area (Å²) >= 11 is 0. The molecule has 0 fully saturated rings. The first-order valence-electron chi connectivity index (χ1n) is 17.8. The minimum absolute atomic E-state index is 0.397. The van der Waals surface area contributed by atoms with Crippen LogP contribution in [0, 0.1) is 0 Å². The first kappa shape index (κ1) is 31.4. The van der Waals surface area contributed by atoms with Crippen LogP contribution in [0.25, 0.3) is 89.2 Å². The number of para-hydroxylation sites is 3. The molecule has 7 heteroatoms. The highest BCUT2D eigenvalue weighted by Gasteiger charge is 2.19. The maximum Gasteiger partial charge on any atom is 0.337 e. The van der Waals surface area contributed by atoms with Gasteiger partial charge in [0.25, 0.3) is 0 Å². The molecule has 10 rings (SSSR count). The zero-order chi connectivity index (χ0) is 36.2. The third-order valence-electron chi connectivity index (χ3n) is 10.1. The highest BCUT2D eigenvalue weighted by atomic mass is 16.5. The number of fused-ring (bicyclic) bond motifs is 6. The summed E-state index contributed by atoms with van der Waals surface area (Å²) in [7, 11) is 1.37. The van der Waals surface area contributed by atoms with Gasteiger partial charge < -0.3 is 9.30 Å². The van der Waals surface area contributed by atoms with Crippen LogP contribution in [0.2, 0.25) is 0 Å². The van der Waals surface area contributed by atoms with E-state index in [0.29, 0.717) is 23.2 Å². The van der Waals surface area contributed by atoms with Gasteiger partial charge in [0.15, 0.2) is 11.6 Å². The average Bonchev–Trinajstić information content (AvgIpc) is 3.76. The standard InChI is InChI=1S/C47H31N5O2/c1-54-46(53)32-22-20-31(21-23-32)45-48-44(30-12-4-2-5-13-30)49-47(50-45)52-41-19-11-9-17-37(41)39-29-34(25-27-43(39)52)33-24-26-42-38(28-33)36-16-8-10-18-40(36)51(42)35-14-6-3-7-15-35/h2-29H,1H3. The van der Waals surface area contributed by atoms with Crippen molar-refractivity contribution >= 4 is 49.6 Å². The molecule has 0 saturated carbocycles. The summed E-state index contributed by atoms with van der Waals surface area (Å²) < 4.78 is 9.37. The summed E-state index contributed by atoms with van der Waals surface area (Å²) in [5, 5.41) is 4.62. The molecule has 7 aromatic carbocycles. The number of rotatable bonds is 6. The Morgan fingerprint density at radius 2 is 0.907 bits per heavy atom. The molecule has 7 nitrogen and oxygen atoms in total. The predicted octanol–water partition coefficient (Wildman–Crippen LogP) is 10.9.